The molecule has 4 rings (SSSR count). The number of methoxy groups -OCH3 is 3. The zero-order valence-corrected chi connectivity index (χ0v) is 19.4. The molecule has 1 aromatic heterocycles. The van der Waals surface area contributed by atoms with Gasteiger partial charge >= 0.3 is 5.97 Å². The van der Waals surface area contributed by atoms with Crippen LogP contribution in [-0.4, -0.2) is 55.6 Å². The van der Waals surface area contributed by atoms with E-state index < -0.39 is 22.0 Å². The van der Waals surface area contributed by atoms with Crippen molar-refractivity contribution in [3.05, 3.63) is 71.8 Å². The first-order valence-electron chi connectivity index (χ1n) is 10.3. The SMILES string of the molecule is COC(=O)C1Cc2ncn(Cc3ccc(OC)cc3)c2CN1S(=O)(=O)c1ccc(OC)cc1. The lowest BCUT2D eigenvalue weighted by atomic mass is 10.1. The Morgan fingerprint density at radius 2 is 1.61 bits per heavy atom. The van der Waals surface area contributed by atoms with Gasteiger partial charge in [0.15, 0.2) is 0 Å². The van der Waals surface area contributed by atoms with Crippen molar-refractivity contribution < 1.29 is 27.4 Å². The summed E-state index contributed by atoms with van der Waals surface area (Å²) in [4.78, 5) is 17.1. The van der Waals surface area contributed by atoms with E-state index in [0.717, 1.165) is 17.0 Å². The first kappa shape index (κ1) is 22.8. The van der Waals surface area contributed by atoms with Crippen LogP contribution in [-0.2, 0) is 39.1 Å². The van der Waals surface area contributed by atoms with Gasteiger partial charge in [0.1, 0.15) is 17.5 Å². The van der Waals surface area contributed by atoms with Crippen molar-refractivity contribution in [3.8, 4) is 11.5 Å². The van der Waals surface area contributed by atoms with Gasteiger partial charge in [0.05, 0.1) is 50.5 Å². The van der Waals surface area contributed by atoms with Crippen LogP contribution in [0.4, 0.5) is 0 Å². The minimum absolute atomic E-state index is 0.000380. The van der Waals surface area contributed by atoms with Crippen molar-refractivity contribution in [1.82, 2.24) is 13.9 Å². The monoisotopic (exact) mass is 471 g/mol. The summed E-state index contributed by atoms with van der Waals surface area (Å²) in [5, 5.41) is 0. The van der Waals surface area contributed by atoms with Crippen LogP contribution in [0.2, 0.25) is 0 Å². The van der Waals surface area contributed by atoms with E-state index in [2.05, 4.69) is 4.98 Å². The van der Waals surface area contributed by atoms with E-state index in [-0.39, 0.29) is 17.9 Å². The summed E-state index contributed by atoms with van der Waals surface area (Å²) >= 11 is 0. The predicted molar refractivity (Wildman–Crippen MR) is 120 cm³/mol. The molecule has 2 heterocycles. The molecule has 0 amide bonds. The van der Waals surface area contributed by atoms with Gasteiger partial charge in [0, 0.05) is 13.0 Å². The molecule has 1 atom stereocenters. The Bertz CT molecular complexity index is 1240. The van der Waals surface area contributed by atoms with Crippen LogP contribution in [0.3, 0.4) is 0 Å². The summed E-state index contributed by atoms with van der Waals surface area (Å²) in [7, 11) is 0.372. The number of benzene rings is 2. The summed E-state index contributed by atoms with van der Waals surface area (Å²) in [6, 6.07) is 12.7. The molecule has 3 aromatic rings. The quantitative estimate of drug-likeness (QED) is 0.487. The normalized spacial score (nSPS) is 16.2. The Hall–Kier alpha value is -3.37. The molecule has 33 heavy (non-hydrogen) atoms. The van der Waals surface area contributed by atoms with Gasteiger partial charge in [-0.05, 0) is 42.0 Å². The number of imidazole rings is 1. The fourth-order valence-electron chi connectivity index (χ4n) is 3.88. The largest absolute Gasteiger partial charge is 0.497 e. The van der Waals surface area contributed by atoms with E-state index in [9.17, 15) is 13.2 Å². The molecule has 0 radical (unpaired) electrons. The molecular weight excluding hydrogens is 446 g/mol. The van der Waals surface area contributed by atoms with Crippen LogP contribution >= 0.6 is 0 Å². The lowest BCUT2D eigenvalue weighted by Gasteiger charge is -2.33. The fourth-order valence-corrected chi connectivity index (χ4v) is 5.42. The van der Waals surface area contributed by atoms with Crippen molar-refractivity contribution >= 4 is 16.0 Å². The van der Waals surface area contributed by atoms with Crippen LogP contribution < -0.4 is 9.47 Å². The predicted octanol–water partition coefficient (Wildman–Crippen LogP) is 2.24. The smallest absolute Gasteiger partial charge is 0.324 e. The fraction of sp³-hybridized carbons (Fsp3) is 0.304. The lowest BCUT2D eigenvalue weighted by molar-refractivity contribution is -0.145. The standard InChI is InChI=1S/C23H25N3O6S/c1-30-17-6-4-16(5-7-17)13-25-15-24-20-12-21(23(27)32-3)26(14-22(20)25)33(28,29)19-10-8-18(31-2)9-11-19/h4-11,15,21H,12-14H2,1-3H3. The van der Waals surface area contributed by atoms with Crippen molar-refractivity contribution in [2.45, 2.75) is 30.4 Å². The third-order valence-corrected chi connectivity index (χ3v) is 7.59. The highest BCUT2D eigenvalue weighted by atomic mass is 32.2. The molecule has 1 unspecified atom stereocenters. The maximum atomic E-state index is 13.5. The van der Waals surface area contributed by atoms with Gasteiger partial charge in [-0.1, -0.05) is 12.1 Å². The third-order valence-electron chi connectivity index (χ3n) is 5.72. The van der Waals surface area contributed by atoms with Crippen LogP contribution in [0, 0.1) is 0 Å². The number of ether oxygens (including phenoxy) is 3. The molecular formula is C23H25N3O6S. The van der Waals surface area contributed by atoms with Crippen molar-refractivity contribution in [2.24, 2.45) is 0 Å². The van der Waals surface area contributed by atoms with Gasteiger partial charge in [0.25, 0.3) is 0 Å². The number of fused-ring (bicyclic) bond motifs is 1. The number of sulfonamides is 1. The molecule has 0 aliphatic carbocycles. The Balaban J connectivity index is 1.68. The maximum Gasteiger partial charge on any atom is 0.324 e. The molecule has 1 aliphatic rings. The molecule has 0 saturated heterocycles. The van der Waals surface area contributed by atoms with Gasteiger partial charge < -0.3 is 18.8 Å². The molecule has 0 fully saturated rings. The average Bonchev–Trinajstić information content (AvgIpc) is 3.24. The Labute approximate surface area is 192 Å². The number of carbonyl (C=O) groups excluding carboxylic acids is 1. The van der Waals surface area contributed by atoms with Gasteiger partial charge in [-0.3, -0.25) is 4.79 Å². The van der Waals surface area contributed by atoms with Crippen LogP contribution in [0.25, 0.3) is 0 Å². The van der Waals surface area contributed by atoms with E-state index in [4.69, 9.17) is 14.2 Å². The van der Waals surface area contributed by atoms with Crippen LogP contribution in [0.5, 0.6) is 11.5 Å². The van der Waals surface area contributed by atoms with E-state index in [1.165, 1.54) is 30.7 Å². The van der Waals surface area contributed by atoms with Gasteiger partial charge in [0.2, 0.25) is 10.0 Å². The average molecular weight is 472 g/mol. The van der Waals surface area contributed by atoms with E-state index in [1.54, 1.807) is 25.6 Å². The minimum atomic E-state index is -3.99. The lowest BCUT2D eigenvalue weighted by Crippen LogP contribution is -2.49. The molecule has 0 saturated carbocycles. The summed E-state index contributed by atoms with van der Waals surface area (Å²) in [6.45, 7) is 0.505. The molecule has 0 N–H and O–H groups in total. The number of rotatable bonds is 7. The second-order valence-corrected chi connectivity index (χ2v) is 9.47. The highest BCUT2D eigenvalue weighted by Gasteiger charge is 2.42. The molecule has 9 nitrogen and oxygen atoms in total. The highest BCUT2D eigenvalue weighted by molar-refractivity contribution is 7.89. The topological polar surface area (TPSA) is 100.0 Å². The van der Waals surface area contributed by atoms with Gasteiger partial charge in [-0.2, -0.15) is 4.31 Å². The summed E-state index contributed by atoms with van der Waals surface area (Å²) in [5.41, 5.74) is 2.43. The van der Waals surface area contributed by atoms with E-state index >= 15 is 0 Å². The summed E-state index contributed by atoms with van der Waals surface area (Å²) in [6.07, 6.45) is 1.81. The number of hydrogen-bond donors (Lipinski definition) is 0. The second kappa shape index (κ2) is 9.24. The highest BCUT2D eigenvalue weighted by Crippen LogP contribution is 2.30. The van der Waals surface area contributed by atoms with Crippen molar-refractivity contribution in [3.63, 3.8) is 0 Å². The third kappa shape index (κ3) is 4.44. The first-order chi connectivity index (χ1) is 15.9. The Kier molecular flexibility index (Phi) is 6.39. The van der Waals surface area contributed by atoms with Gasteiger partial charge in [-0.25, -0.2) is 13.4 Å². The number of carbonyl (C=O) groups is 1. The van der Waals surface area contributed by atoms with Gasteiger partial charge in [-0.15, -0.1) is 0 Å². The number of hydrogen-bond acceptors (Lipinski definition) is 7. The summed E-state index contributed by atoms with van der Waals surface area (Å²) < 4.78 is 45.4. The molecule has 0 bridgehead atoms. The maximum absolute atomic E-state index is 13.5. The van der Waals surface area contributed by atoms with Crippen LogP contribution in [0.1, 0.15) is 17.0 Å². The Morgan fingerprint density at radius 1 is 1.00 bits per heavy atom. The van der Waals surface area contributed by atoms with Crippen LogP contribution in [0.15, 0.2) is 59.8 Å². The summed E-state index contributed by atoms with van der Waals surface area (Å²) in [5.74, 6) is 0.670. The Morgan fingerprint density at radius 3 is 2.18 bits per heavy atom. The van der Waals surface area contributed by atoms with E-state index in [1.807, 2.05) is 28.8 Å². The zero-order valence-electron chi connectivity index (χ0n) is 18.6. The molecule has 174 valence electrons. The molecule has 10 heteroatoms. The zero-order chi connectivity index (χ0) is 23.6. The van der Waals surface area contributed by atoms with E-state index in [0.29, 0.717) is 18.0 Å². The number of esters is 1. The second-order valence-electron chi connectivity index (χ2n) is 7.58. The molecule has 1 aliphatic heterocycles. The number of aromatic nitrogens is 2. The van der Waals surface area contributed by atoms with Crippen molar-refractivity contribution in [1.29, 1.82) is 0 Å². The molecule has 0 spiro atoms. The number of nitrogens with zero attached hydrogens (tertiary/aromatic N) is 3. The van der Waals surface area contributed by atoms with Crippen molar-refractivity contribution in [2.75, 3.05) is 21.3 Å². The molecule has 2 aromatic carbocycles. The minimum Gasteiger partial charge on any atom is -0.497 e. The first-order valence-corrected chi connectivity index (χ1v) is 11.7.